The summed E-state index contributed by atoms with van der Waals surface area (Å²) in [7, 11) is 1.87. The summed E-state index contributed by atoms with van der Waals surface area (Å²) in [4.78, 5) is 13.0. The first-order valence-electron chi connectivity index (χ1n) is 9.11. The summed E-state index contributed by atoms with van der Waals surface area (Å²) in [6, 6.07) is 15.1. The Labute approximate surface area is 173 Å². The Hall–Kier alpha value is -3.38. The Morgan fingerprint density at radius 3 is 2.59 bits per heavy atom. The van der Waals surface area contributed by atoms with Crippen molar-refractivity contribution >= 4 is 17.5 Å². The molecule has 1 N–H and O–H groups in total. The molecule has 0 saturated heterocycles. The third kappa shape index (κ3) is 3.79. The van der Waals surface area contributed by atoms with Crippen LogP contribution in [0.4, 0.5) is 0 Å². The Kier molecular flexibility index (Phi) is 5.18. The second-order valence-corrected chi connectivity index (χ2v) is 7.09. The highest BCUT2D eigenvalue weighted by Crippen LogP contribution is 2.31. The molecule has 0 fully saturated rings. The molecule has 29 heavy (non-hydrogen) atoms. The zero-order valence-electron chi connectivity index (χ0n) is 16.0. The summed E-state index contributed by atoms with van der Waals surface area (Å²) >= 11 is 6.29. The molecule has 2 aromatic carbocycles. The van der Waals surface area contributed by atoms with Crippen molar-refractivity contribution < 1.29 is 9.32 Å². The first kappa shape index (κ1) is 19.0. The number of hydrogen-bond acceptors (Lipinski definition) is 4. The van der Waals surface area contributed by atoms with Crippen molar-refractivity contribution in [1.29, 1.82) is 0 Å². The molecule has 1 amide bonds. The van der Waals surface area contributed by atoms with Crippen LogP contribution in [0.3, 0.4) is 0 Å². The minimum atomic E-state index is -0.264. The van der Waals surface area contributed by atoms with E-state index in [1.54, 1.807) is 23.9 Å². The quantitative estimate of drug-likeness (QED) is 0.524. The Morgan fingerprint density at radius 1 is 1.14 bits per heavy atom. The second kappa shape index (κ2) is 7.93. The van der Waals surface area contributed by atoms with Crippen molar-refractivity contribution in [3.05, 3.63) is 82.8 Å². The van der Waals surface area contributed by atoms with E-state index in [0.717, 1.165) is 16.7 Å². The number of carbonyl (C=O) groups excluding carboxylic acids is 1. The first-order valence-corrected chi connectivity index (χ1v) is 9.48. The van der Waals surface area contributed by atoms with E-state index < -0.39 is 0 Å². The van der Waals surface area contributed by atoms with E-state index >= 15 is 0 Å². The highest BCUT2D eigenvalue weighted by atomic mass is 35.5. The molecule has 0 aliphatic rings. The largest absolute Gasteiger partial charge is 0.360 e. The van der Waals surface area contributed by atoms with Gasteiger partial charge in [0, 0.05) is 30.9 Å². The topological polar surface area (TPSA) is 73.0 Å². The number of nitrogens with zero attached hydrogens (tertiary/aromatic N) is 3. The van der Waals surface area contributed by atoms with Crippen LogP contribution in [0.2, 0.25) is 5.02 Å². The van der Waals surface area contributed by atoms with Gasteiger partial charge >= 0.3 is 0 Å². The number of benzene rings is 2. The predicted molar refractivity (Wildman–Crippen MR) is 112 cm³/mol. The lowest BCUT2D eigenvalue weighted by Gasteiger charge is -2.10. The molecular formula is C22H19ClN4O2. The van der Waals surface area contributed by atoms with Crippen molar-refractivity contribution in [3.63, 3.8) is 0 Å². The number of aryl methyl sites for hydroxylation is 2. The molecule has 7 heteroatoms. The molecule has 6 nitrogen and oxygen atoms in total. The minimum Gasteiger partial charge on any atom is -0.360 e. The van der Waals surface area contributed by atoms with E-state index in [1.165, 1.54) is 0 Å². The Morgan fingerprint density at radius 2 is 1.86 bits per heavy atom. The number of aromatic nitrogens is 3. The van der Waals surface area contributed by atoms with E-state index in [0.29, 0.717) is 34.1 Å². The SMILES string of the molecule is Cc1onc(-c2ccccc2Cl)c1C(=O)NCc1ccccc1-c1cnn(C)c1. The summed E-state index contributed by atoms with van der Waals surface area (Å²) in [5, 5.41) is 11.8. The Bertz CT molecular complexity index is 1180. The smallest absolute Gasteiger partial charge is 0.257 e. The van der Waals surface area contributed by atoms with Crippen LogP contribution in [-0.4, -0.2) is 20.8 Å². The fourth-order valence-corrected chi connectivity index (χ4v) is 3.48. The van der Waals surface area contributed by atoms with Crippen LogP contribution >= 0.6 is 11.6 Å². The number of hydrogen-bond donors (Lipinski definition) is 1. The normalized spacial score (nSPS) is 10.9. The zero-order valence-corrected chi connectivity index (χ0v) is 16.8. The summed E-state index contributed by atoms with van der Waals surface area (Å²) < 4.78 is 7.04. The van der Waals surface area contributed by atoms with Gasteiger partial charge in [-0.2, -0.15) is 5.10 Å². The van der Waals surface area contributed by atoms with Gasteiger partial charge in [0.15, 0.2) is 0 Å². The maximum Gasteiger partial charge on any atom is 0.257 e. The molecule has 4 rings (SSSR count). The van der Waals surface area contributed by atoms with Crippen molar-refractivity contribution in [2.75, 3.05) is 0 Å². The van der Waals surface area contributed by atoms with Crippen LogP contribution in [0.5, 0.6) is 0 Å². The fraction of sp³-hybridized carbons (Fsp3) is 0.136. The van der Waals surface area contributed by atoms with Gasteiger partial charge in [0.1, 0.15) is 17.0 Å². The van der Waals surface area contributed by atoms with Gasteiger partial charge < -0.3 is 9.84 Å². The number of amides is 1. The van der Waals surface area contributed by atoms with Crippen molar-refractivity contribution in [2.24, 2.45) is 7.05 Å². The van der Waals surface area contributed by atoms with Gasteiger partial charge in [0.2, 0.25) is 0 Å². The van der Waals surface area contributed by atoms with Crippen LogP contribution in [0.1, 0.15) is 21.7 Å². The Balaban J connectivity index is 1.60. The molecule has 2 heterocycles. The van der Waals surface area contributed by atoms with Crippen molar-refractivity contribution in [1.82, 2.24) is 20.3 Å². The van der Waals surface area contributed by atoms with Gasteiger partial charge in [-0.3, -0.25) is 9.48 Å². The lowest BCUT2D eigenvalue weighted by atomic mass is 10.0. The molecule has 146 valence electrons. The van der Waals surface area contributed by atoms with Gasteiger partial charge in [0.05, 0.1) is 11.2 Å². The molecule has 0 unspecified atom stereocenters. The molecule has 4 aromatic rings. The van der Waals surface area contributed by atoms with Crippen LogP contribution in [0.25, 0.3) is 22.4 Å². The molecule has 0 spiro atoms. The molecule has 0 aliphatic heterocycles. The monoisotopic (exact) mass is 406 g/mol. The van der Waals surface area contributed by atoms with Crippen molar-refractivity contribution in [3.8, 4) is 22.4 Å². The summed E-state index contributed by atoms with van der Waals surface area (Å²) in [5.41, 5.74) is 4.49. The van der Waals surface area contributed by atoms with Crippen LogP contribution < -0.4 is 5.32 Å². The minimum absolute atomic E-state index is 0.264. The molecule has 0 aliphatic carbocycles. The summed E-state index contributed by atoms with van der Waals surface area (Å²) in [6.07, 6.45) is 3.75. The maximum absolute atomic E-state index is 13.0. The van der Waals surface area contributed by atoms with E-state index in [4.69, 9.17) is 16.1 Å². The molecule has 0 radical (unpaired) electrons. The van der Waals surface area contributed by atoms with E-state index in [1.807, 2.05) is 55.7 Å². The number of rotatable bonds is 5. The first-order chi connectivity index (χ1) is 14.0. The van der Waals surface area contributed by atoms with Crippen LogP contribution in [0, 0.1) is 6.92 Å². The lowest BCUT2D eigenvalue weighted by Crippen LogP contribution is -2.24. The molecule has 0 atom stereocenters. The van der Waals surface area contributed by atoms with Gasteiger partial charge in [0.25, 0.3) is 5.91 Å². The van der Waals surface area contributed by atoms with E-state index in [9.17, 15) is 4.79 Å². The summed E-state index contributed by atoms with van der Waals surface area (Å²) in [5.74, 6) is 0.178. The van der Waals surface area contributed by atoms with Gasteiger partial charge in [-0.15, -0.1) is 0 Å². The van der Waals surface area contributed by atoms with Crippen LogP contribution in [-0.2, 0) is 13.6 Å². The number of carbonyl (C=O) groups is 1. The third-order valence-corrected chi connectivity index (χ3v) is 5.02. The van der Waals surface area contributed by atoms with E-state index in [2.05, 4.69) is 15.6 Å². The second-order valence-electron chi connectivity index (χ2n) is 6.68. The maximum atomic E-state index is 13.0. The molecule has 2 aromatic heterocycles. The standard InChI is InChI=1S/C22H19ClN4O2/c1-14-20(21(26-29-14)18-9-5-6-10-19(18)23)22(28)24-11-15-7-3-4-8-17(15)16-12-25-27(2)13-16/h3-10,12-13H,11H2,1-2H3,(H,24,28). The average molecular weight is 407 g/mol. The van der Waals surface area contributed by atoms with Crippen molar-refractivity contribution in [2.45, 2.75) is 13.5 Å². The zero-order chi connectivity index (χ0) is 20.4. The average Bonchev–Trinajstić information content (AvgIpc) is 3.32. The molecular weight excluding hydrogens is 388 g/mol. The fourth-order valence-electron chi connectivity index (χ4n) is 3.26. The molecule has 0 saturated carbocycles. The number of halogens is 1. The predicted octanol–water partition coefficient (Wildman–Crippen LogP) is 4.63. The summed E-state index contributed by atoms with van der Waals surface area (Å²) in [6.45, 7) is 2.07. The van der Waals surface area contributed by atoms with Gasteiger partial charge in [-0.05, 0) is 24.1 Å². The van der Waals surface area contributed by atoms with Gasteiger partial charge in [-0.25, -0.2) is 0 Å². The highest BCUT2D eigenvalue weighted by molar-refractivity contribution is 6.33. The van der Waals surface area contributed by atoms with Gasteiger partial charge in [-0.1, -0.05) is 59.2 Å². The van der Waals surface area contributed by atoms with E-state index in [-0.39, 0.29) is 5.91 Å². The third-order valence-electron chi connectivity index (χ3n) is 4.69. The number of nitrogens with one attached hydrogen (secondary N) is 1. The lowest BCUT2D eigenvalue weighted by molar-refractivity contribution is 0.0950. The highest BCUT2D eigenvalue weighted by Gasteiger charge is 2.23. The van der Waals surface area contributed by atoms with Crippen LogP contribution in [0.15, 0.2) is 65.4 Å². The molecule has 0 bridgehead atoms.